The third-order valence-corrected chi connectivity index (χ3v) is 3.63. The number of aliphatic imine (C=N–C) groups is 1. The molecule has 3 rings (SSSR count). The fourth-order valence-electron chi connectivity index (χ4n) is 2.75. The van der Waals surface area contributed by atoms with Gasteiger partial charge in [0.05, 0.1) is 19.3 Å². The smallest absolute Gasteiger partial charge is 0.0852 e. The molecule has 2 unspecified atom stereocenters. The van der Waals surface area contributed by atoms with Crippen molar-refractivity contribution in [3.05, 3.63) is 35.9 Å². The van der Waals surface area contributed by atoms with E-state index in [4.69, 9.17) is 9.73 Å². The van der Waals surface area contributed by atoms with Crippen LogP contribution < -0.4 is 0 Å². The molecule has 1 aliphatic heterocycles. The summed E-state index contributed by atoms with van der Waals surface area (Å²) >= 11 is 0. The second-order valence-electron chi connectivity index (χ2n) is 4.68. The van der Waals surface area contributed by atoms with E-state index in [2.05, 4.69) is 24.3 Å². The zero-order valence-electron chi connectivity index (χ0n) is 9.43. The van der Waals surface area contributed by atoms with Gasteiger partial charge in [-0.15, -0.1) is 0 Å². The van der Waals surface area contributed by atoms with Crippen LogP contribution in [0.2, 0.25) is 0 Å². The molecule has 0 spiro atoms. The van der Waals surface area contributed by atoms with Gasteiger partial charge in [-0.3, -0.25) is 4.99 Å². The minimum atomic E-state index is 0.481. The third-order valence-electron chi connectivity index (χ3n) is 3.63. The van der Waals surface area contributed by atoms with E-state index in [1.165, 1.54) is 30.5 Å². The molecule has 1 aromatic rings. The minimum Gasteiger partial charge on any atom is -0.372 e. The van der Waals surface area contributed by atoms with Gasteiger partial charge in [-0.1, -0.05) is 36.8 Å². The van der Waals surface area contributed by atoms with Gasteiger partial charge in [0.25, 0.3) is 0 Å². The lowest BCUT2D eigenvalue weighted by molar-refractivity contribution is 0.104. The van der Waals surface area contributed by atoms with Gasteiger partial charge in [-0.05, 0) is 18.4 Å². The van der Waals surface area contributed by atoms with Crippen molar-refractivity contribution < 1.29 is 4.74 Å². The fraction of sp³-hybridized carbons (Fsp3) is 0.500. The van der Waals surface area contributed by atoms with Crippen molar-refractivity contribution in [2.24, 2.45) is 10.9 Å². The summed E-state index contributed by atoms with van der Waals surface area (Å²) in [6, 6.07) is 10.4. The Morgan fingerprint density at radius 3 is 2.94 bits per heavy atom. The summed E-state index contributed by atoms with van der Waals surface area (Å²) in [6.45, 7) is 1.57. The number of nitrogens with zero attached hydrogens (tertiary/aromatic N) is 1. The van der Waals surface area contributed by atoms with Crippen LogP contribution in [-0.4, -0.2) is 18.4 Å². The molecule has 1 aromatic carbocycles. The van der Waals surface area contributed by atoms with E-state index in [0.29, 0.717) is 12.0 Å². The highest BCUT2D eigenvalue weighted by Crippen LogP contribution is 2.34. The molecular formula is C14H17NO. The SMILES string of the molecule is c1ccc(CN=C2COC3CCCC23)cc1. The number of fused-ring (bicyclic) bond motifs is 1. The van der Waals surface area contributed by atoms with E-state index < -0.39 is 0 Å². The third kappa shape index (κ3) is 1.90. The predicted octanol–water partition coefficient (Wildman–Crippen LogP) is 2.83. The minimum absolute atomic E-state index is 0.481. The van der Waals surface area contributed by atoms with Crippen molar-refractivity contribution in [1.82, 2.24) is 0 Å². The van der Waals surface area contributed by atoms with Gasteiger partial charge in [-0.25, -0.2) is 0 Å². The van der Waals surface area contributed by atoms with Gasteiger partial charge >= 0.3 is 0 Å². The van der Waals surface area contributed by atoms with Crippen LogP contribution in [0.15, 0.2) is 35.3 Å². The van der Waals surface area contributed by atoms with E-state index in [1.54, 1.807) is 0 Å². The highest BCUT2D eigenvalue weighted by molar-refractivity contribution is 5.90. The van der Waals surface area contributed by atoms with Crippen LogP contribution in [0.4, 0.5) is 0 Å². The molecule has 2 heteroatoms. The standard InChI is InChI=1S/C14H17NO/c1-2-5-11(6-3-1)9-15-13-10-16-14-8-4-7-12(13)14/h1-3,5-6,12,14H,4,7-10H2. The van der Waals surface area contributed by atoms with Crippen molar-refractivity contribution in [3.8, 4) is 0 Å². The first-order valence-corrected chi connectivity index (χ1v) is 6.12. The molecule has 0 amide bonds. The van der Waals surface area contributed by atoms with Crippen LogP contribution in [0.1, 0.15) is 24.8 Å². The quantitative estimate of drug-likeness (QED) is 0.743. The summed E-state index contributed by atoms with van der Waals surface area (Å²) in [7, 11) is 0. The Hall–Kier alpha value is -1.15. The summed E-state index contributed by atoms with van der Waals surface area (Å²) in [6.07, 6.45) is 4.29. The molecule has 84 valence electrons. The molecule has 1 aliphatic carbocycles. The first-order valence-electron chi connectivity index (χ1n) is 6.12. The average molecular weight is 215 g/mol. The van der Waals surface area contributed by atoms with Crippen molar-refractivity contribution >= 4 is 5.71 Å². The summed E-state index contributed by atoms with van der Waals surface area (Å²) in [4.78, 5) is 4.73. The normalized spacial score (nSPS) is 30.9. The van der Waals surface area contributed by atoms with Crippen molar-refractivity contribution in [1.29, 1.82) is 0 Å². The summed E-state index contributed by atoms with van der Waals surface area (Å²) in [5.74, 6) is 0.628. The predicted molar refractivity (Wildman–Crippen MR) is 64.7 cm³/mol. The lowest BCUT2D eigenvalue weighted by Gasteiger charge is -2.06. The molecule has 16 heavy (non-hydrogen) atoms. The van der Waals surface area contributed by atoms with Gasteiger partial charge in [0.15, 0.2) is 0 Å². The van der Waals surface area contributed by atoms with Gasteiger partial charge in [0, 0.05) is 11.6 Å². The maximum atomic E-state index is 5.75. The van der Waals surface area contributed by atoms with Crippen LogP contribution in [0.25, 0.3) is 0 Å². The average Bonchev–Trinajstić information content (AvgIpc) is 2.90. The molecule has 0 bridgehead atoms. The van der Waals surface area contributed by atoms with Gasteiger partial charge in [-0.2, -0.15) is 0 Å². The molecule has 0 aromatic heterocycles. The van der Waals surface area contributed by atoms with Crippen molar-refractivity contribution in [2.75, 3.05) is 6.61 Å². The van der Waals surface area contributed by atoms with E-state index in [-0.39, 0.29) is 0 Å². The Kier molecular flexibility index (Phi) is 2.75. The molecule has 0 N–H and O–H groups in total. The molecule has 2 aliphatic rings. The number of rotatable bonds is 2. The topological polar surface area (TPSA) is 21.6 Å². The Bertz CT molecular complexity index is 385. The highest BCUT2D eigenvalue weighted by atomic mass is 16.5. The Morgan fingerprint density at radius 1 is 1.19 bits per heavy atom. The van der Waals surface area contributed by atoms with Gasteiger partial charge in [0.1, 0.15) is 0 Å². The lowest BCUT2D eigenvalue weighted by Crippen LogP contribution is -2.13. The number of hydrogen-bond acceptors (Lipinski definition) is 2. The van der Waals surface area contributed by atoms with Crippen molar-refractivity contribution in [2.45, 2.75) is 31.9 Å². The van der Waals surface area contributed by atoms with Crippen molar-refractivity contribution in [3.63, 3.8) is 0 Å². The zero-order valence-corrected chi connectivity index (χ0v) is 9.43. The Morgan fingerprint density at radius 2 is 2.06 bits per heavy atom. The van der Waals surface area contributed by atoms with Gasteiger partial charge in [0.2, 0.25) is 0 Å². The molecule has 2 atom stereocenters. The number of benzene rings is 1. The molecule has 2 fully saturated rings. The summed E-state index contributed by atoms with van der Waals surface area (Å²) < 4.78 is 5.75. The van der Waals surface area contributed by atoms with E-state index in [0.717, 1.165) is 13.2 Å². The van der Waals surface area contributed by atoms with E-state index >= 15 is 0 Å². The molecular weight excluding hydrogens is 198 g/mol. The van der Waals surface area contributed by atoms with Crippen LogP contribution in [0.5, 0.6) is 0 Å². The molecule has 1 saturated carbocycles. The van der Waals surface area contributed by atoms with Crippen LogP contribution in [0, 0.1) is 5.92 Å². The highest BCUT2D eigenvalue weighted by Gasteiger charge is 2.37. The number of hydrogen-bond donors (Lipinski definition) is 0. The Balaban J connectivity index is 1.69. The van der Waals surface area contributed by atoms with Crippen LogP contribution >= 0.6 is 0 Å². The fourth-order valence-corrected chi connectivity index (χ4v) is 2.75. The maximum absolute atomic E-state index is 5.75. The number of ether oxygens (including phenoxy) is 1. The molecule has 2 nitrogen and oxygen atoms in total. The molecule has 1 saturated heterocycles. The lowest BCUT2D eigenvalue weighted by atomic mass is 10.0. The zero-order chi connectivity index (χ0) is 10.8. The first kappa shape index (κ1) is 10.0. The van der Waals surface area contributed by atoms with Crippen LogP contribution in [-0.2, 0) is 11.3 Å². The first-order chi connectivity index (χ1) is 7.93. The largest absolute Gasteiger partial charge is 0.372 e. The molecule has 1 heterocycles. The van der Waals surface area contributed by atoms with Gasteiger partial charge < -0.3 is 4.74 Å². The summed E-state index contributed by atoms with van der Waals surface area (Å²) in [5, 5.41) is 0. The summed E-state index contributed by atoms with van der Waals surface area (Å²) in [5.41, 5.74) is 2.59. The second-order valence-corrected chi connectivity index (χ2v) is 4.68. The Labute approximate surface area is 96.3 Å². The molecule has 0 radical (unpaired) electrons. The monoisotopic (exact) mass is 215 g/mol. The van der Waals surface area contributed by atoms with E-state index in [1.807, 2.05) is 6.07 Å². The van der Waals surface area contributed by atoms with E-state index in [9.17, 15) is 0 Å². The second kappa shape index (κ2) is 4.38. The van der Waals surface area contributed by atoms with Crippen LogP contribution in [0.3, 0.4) is 0 Å². The maximum Gasteiger partial charge on any atom is 0.0852 e.